The molecule has 1 N–H and O–H groups in total. The third-order valence-electron chi connectivity index (χ3n) is 4.42. The smallest absolute Gasteiger partial charge is 0.0910 e. The van der Waals surface area contributed by atoms with Crippen LogP contribution in [0.15, 0.2) is 29.6 Å². The van der Waals surface area contributed by atoms with Crippen LogP contribution in [0.5, 0.6) is 0 Å². The molecule has 1 aromatic heterocycles. The van der Waals surface area contributed by atoms with E-state index in [1.807, 2.05) is 6.92 Å². The highest BCUT2D eigenvalue weighted by atomic mass is 32.1. The highest BCUT2D eigenvalue weighted by Crippen LogP contribution is 2.42. The quantitative estimate of drug-likeness (QED) is 0.830. The molecule has 1 aliphatic carbocycles. The minimum Gasteiger partial charge on any atom is -0.385 e. The average Bonchev–Trinajstić information content (AvgIpc) is 2.87. The first-order valence-corrected chi connectivity index (χ1v) is 7.76. The Balaban J connectivity index is 2.03. The molecule has 3 rings (SSSR count). The maximum atomic E-state index is 11.0. The molecule has 1 saturated carbocycles. The Morgan fingerprint density at radius 3 is 2.72 bits per heavy atom. The van der Waals surface area contributed by atoms with E-state index in [4.69, 9.17) is 0 Å². The number of aliphatic hydroxyl groups is 1. The average molecular weight is 260 g/mol. The summed E-state index contributed by atoms with van der Waals surface area (Å²) < 4.78 is 1.26. The molecule has 1 aliphatic rings. The van der Waals surface area contributed by atoms with Crippen molar-refractivity contribution in [3.63, 3.8) is 0 Å². The van der Waals surface area contributed by atoms with Crippen molar-refractivity contribution in [3.05, 3.63) is 35.2 Å². The fourth-order valence-electron chi connectivity index (χ4n) is 3.28. The second kappa shape index (κ2) is 4.67. The Hall–Kier alpha value is -0.860. The summed E-state index contributed by atoms with van der Waals surface area (Å²) in [6.45, 7) is 2.01. The van der Waals surface area contributed by atoms with Gasteiger partial charge in [0.1, 0.15) is 0 Å². The molecule has 1 aromatic carbocycles. The van der Waals surface area contributed by atoms with E-state index in [0.717, 1.165) is 18.4 Å². The lowest BCUT2D eigenvalue weighted by Crippen LogP contribution is -2.33. The van der Waals surface area contributed by atoms with E-state index in [0.29, 0.717) is 5.92 Å². The molecule has 0 radical (unpaired) electrons. The summed E-state index contributed by atoms with van der Waals surface area (Å²) in [5.74, 6) is 0.416. The second-order valence-corrected chi connectivity index (χ2v) is 6.54. The summed E-state index contributed by atoms with van der Waals surface area (Å²) >= 11 is 1.74. The van der Waals surface area contributed by atoms with Gasteiger partial charge < -0.3 is 5.11 Å². The Kier molecular flexibility index (Phi) is 3.16. The summed E-state index contributed by atoms with van der Waals surface area (Å²) in [6.07, 6.45) is 6.18. The predicted molar refractivity (Wildman–Crippen MR) is 78.0 cm³/mol. The van der Waals surface area contributed by atoms with Gasteiger partial charge in [0, 0.05) is 10.3 Å². The van der Waals surface area contributed by atoms with Crippen molar-refractivity contribution in [2.75, 3.05) is 0 Å². The fourth-order valence-corrected chi connectivity index (χ4v) is 4.30. The molecule has 0 amide bonds. The van der Waals surface area contributed by atoms with E-state index in [2.05, 4.69) is 29.6 Å². The zero-order valence-corrected chi connectivity index (χ0v) is 11.7. The number of thiophene rings is 1. The third kappa shape index (κ3) is 1.98. The highest BCUT2D eigenvalue weighted by Gasteiger charge is 2.35. The molecular weight excluding hydrogens is 240 g/mol. The first kappa shape index (κ1) is 12.2. The Morgan fingerprint density at radius 2 is 1.94 bits per heavy atom. The Morgan fingerprint density at radius 1 is 1.17 bits per heavy atom. The first-order valence-electron chi connectivity index (χ1n) is 6.88. The largest absolute Gasteiger partial charge is 0.385 e. The maximum absolute atomic E-state index is 11.0. The van der Waals surface area contributed by atoms with E-state index >= 15 is 0 Å². The molecule has 0 saturated heterocycles. The molecule has 1 fully saturated rings. The monoisotopic (exact) mass is 260 g/mol. The minimum atomic E-state index is -0.676. The Labute approximate surface area is 112 Å². The topological polar surface area (TPSA) is 20.2 Å². The van der Waals surface area contributed by atoms with Crippen LogP contribution < -0.4 is 0 Å². The SMILES string of the molecule is CC(O)(c1cccc2ccsc12)C1CCCCC1. The molecule has 1 unspecified atom stereocenters. The zero-order chi connectivity index (χ0) is 12.6. The highest BCUT2D eigenvalue weighted by molar-refractivity contribution is 7.17. The van der Waals surface area contributed by atoms with Crippen molar-refractivity contribution in [1.29, 1.82) is 0 Å². The fraction of sp³-hybridized carbons (Fsp3) is 0.500. The summed E-state index contributed by atoms with van der Waals surface area (Å²) in [4.78, 5) is 0. The van der Waals surface area contributed by atoms with Gasteiger partial charge in [-0.05, 0) is 42.5 Å². The van der Waals surface area contributed by atoms with Gasteiger partial charge in [0.25, 0.3) is 0 Å². The molecular formula is C16H20OS. The Bertz CT molecular complexity index is 535. The summed E-state index contributed by atoms with van der Waals surface area (Å²) in [5.41, 5.74) is 0.451. The van der Waals surface area contributed by atoms with Crippen LogP contribution in [0.4, 0.5) is 0 Å². The molecule has 1 atom stereocenters. The minimum absolute atomic E-state index is 0.416. The summed E-state index contributed by atoms with van der Waals surface area (Å²) in [6, 6.07) is 8.45. The standard InChI is InChI=1S/C16H20OS/c1-16(17,13-7-3-2-4-8-13)14-9-5-6-12-10-11-18-15(12)14/h5-6,9-11,13,17H,2-4,7-8H2,1H3. The van der Waals surface area contributed by atoms with Crippen molar-refractivity contribution >= 4 is 21.4 Å². The van der Waals surface area contributed by atoms with Crippen molar-refractivity contribution in [2.45, 2.75) is 44.6 Å². The van der Waals surface area contributed by atoms with Gasteiger partial charge in [-0.2, -0.15) is 0 Å². The van der Waals surface area contributed by atoms with Crippen molar-refractivity contribution in [1.82, 2.24) is 0 Å². The number of hydrogen-bond donors (Lipinski definition) is 1. The van der Waals surface area contributed by atoms with Crippen LogP contribution in [-0.4, -0.2) is 5.11 Å². The van der Waals surface area contributed by atoms with Crippen LogP contribution >= 0.6 is 11.3 Å². The van der Waals surface area contributed by atoms with Crippen LogP contribution in [0.25, 0.3) is 10.1 Å². The maximum Gasteiger partial charge on any atom is 0.0910 e. The zero-order valence-electron chi connectivity index (χ0n) is 10.9. The van der Waals surface area contributed by atoms with Crippen LogP contribution in [-0.2, 0) is 5.60 Å². The van der Waals surface area contributed by atoms with E-state index in [9.17, 15) is 5.11 Å². The van der Waals surface area contributed by atoms with E-state index in [1.54, 1.807) is 11.3 Å². The van der Waals surface area contributed by atoms with E-state index in [-0.39, 0.29) is 0 Å². The van der Waals surface area contributed by atoms with E-state index < -0.39 is 5.60 Å². The molecule has 1 nitrogen and oxygen atoms in total. The number of benzene rings is 1. The number of hydrogen-bond acceptors (Lipinski definition) is 2. The lowest BCUT2D eigenvalue weighted by molar-refractivity contribution is -0.0200. The predicted octanol–water partition coefficient (Wildman–Crippen LogP) is 4.69. The summed E-state index contributed by atoms with van der Waals surface area (Å²) in [7, 11) is 0. The van der Waals surface area contributed by atoms with Crippen molar-refractivity contribution in [3.8, 4) is 0 Å². The lowest BCUT2D eigenvalue weighted by Gasteiger charge is -2.36. The van der Waals surface area contributed by atoms with Gasteiger partial charge in [-0.1, -0.05) is 37.5 Å². The van der Waals surface area contributed by atoms with Crippen LogP contribution in [0.1, 0.15) is 44.6 Å². The van der Waals surface area contributed by atoms with Crippen molar-refractivity contribution in [2.24, 2.45) is 5.92 Å². The first-order chi connectivity index (χ1) is 8.69. The molecule has 1 heterocycles. The summed E-state index contributed by atoms with van der Waals surface area (Å²) in [5, 5.41) is 14.4. The van der Waals surface area contributed by atoms with Gasteiger partial charge in [-0.25, -0.2) is 0 Å². The van der Waals surface area contributed by atoms with Crippen LogP contribution in [0.2, 0.25) is 0 Å². The molecule has 2 heteroatoms. The van der Waals surface area contributed by atoms with Crippen LogP contribution in [0.3, 0.4) is 0 Å². The second-order valence-electron chi connectivity index (χ2n) is 5.63. The number of fused-ring (bicyclic) bond motifs is 1. The molecule has 2 aromatic rings. The van der Waals surface area contributed by atoms with E-state index in [1.165, 1.54) is 29.3 Å². The molecule has 0 bridgehead atoms. The van der Waals surface area contributed by atoms with Gasteiger partial charge in [0.15, 0.2) is 0 Å². The number of rotatable bonds is 2. The van der Waals surface area contributed by atoms with Gasteiger partial charge in [0.05, 0.1) is 5.60 Å². The van der Waals surface area contributed by atoms with Crippen LogP contribution in [0, 0.1) is 5.92 Å². The normalized spacial score (nSPS) is 21.0. The van der Waals surface area contributed by atoms with Crippen molar-refractivity contribution < 1.29 is 5.11 Å². The molecule has 0 spiro atoms. The molecule has 96 valence electrons. The van der Waals surface area contributed by atoms with Gasteiger partial charge in [-0.15, -0.1) is 11.3 Å². The third-order valence-corrected chi connectivity index (χ3v) is 5.39. The van der Waals surface area contributed by atoms with Gasteiger partial charge in [-0.3, -0.25) is 0 Å². The molecule has 0 aliphatic heterocycles. The lowest BCUT2D eigenvalue weighted by atomic mass is 9.74. The van der Waals surface area contributed by atoms with Gasteiger partial charge >= 0.3 is 0 Å². The van der Waals surface area contributed by atoms with Gasteiger partial charge in [0.2, 0.25) is 0 Å². The molecule has 18 heavy (non-hydrogen) atoms.